The highest BCUT2D eigenvalue weighted by atomic mass is 32.2. The van der Waals surface area contributed by atoms with Gasteiger partial charge in [-0.2, -0.15) is 0 Å². The SMILES string of the molecule is CC(CC1CCCN1)NCCNS(C)(=O)=O. The molecule has 16 heavy (non-hydrogen) atoms. The van der Waals surface area contributed by atoms with Crippen LogP contribution in [-0.2, 0) is 10.0 Å². The van der Waals surface area contributed by atoms with Crippen molar-refractivity contribution < 1.29 is 8.42 Å². The van der Waals surface area contributed by atoms with E-state index < -0.39 is 10.0 Å². The van der Waals surface area contributed by atoms with Crippen LogP contribution in [0.2, 0.25) is 0 Å². The maximum absolute atomic E-state index is 10.8. The Morgan fingerprint density at radius 1 is 1.44 bits per heavy atom. The Labute approximate surface area is 98.4 Å². The highest BCUT2D eigenvalue weighted by Gasteiger charge is 2.16. The number of sulfonamides is 1. The van der Waals surface area contributed by atoms with Crippen molar-refractivity contribution in [1.29, 1.82) is 0 Å². The quantitative estimate of drug-likeness (QED) is 0.540. The molecular formula is C10H23N3O2S. The van der Waals surface area contributed by atoms with Crippen LogP contribution in [0.25, 0.3) is 0 Å². The van der Waals surface area contributed by atoms with Crippen LogP contribution in [0, 0.1) is 0 Å². The summed E-state index contributed by atoms with van der Waals surface area (Å²) in [7, 11) is -3.05. The molecule has 0 bridgehead atoms. The van der Waals surface area contributed by atoms with E-state index in [1.807, 2.05) is 0 Å². The standard InChI is InChI=1S/C10H23N3O2S/c1-9(8-10-4-3-5-12-10)11-6-7-13-16(2,14)15/h9-13H,3-8H2,1-2H3. The van der Waals surface area contributed by atoms with Gasteiger partial charge in [0.25, 0.3) is 0 Å². The number of rotatable bonds is 7. The lowest BCUT2D eigenvalue weighted by Gasteiger charge is -2.18. The number of hydrogen-bond donors (Lipinski definition) is 3. The fourth-order valence-electron chi connectivity index (χ4n) is 2.02. The zero-order valence-corrected chi connectivity index (χ0v) is 10.9. The van der Waals surface area contributed by atoms with Crippen molar-refractivity contribution in [1.82, 2.24) is 15.4 Å². The minimum atomic E-state index is -3.05. The summed E-state index contributed by atoms with van der Waals surface area (Å²) in [6.07, 6.45) is 4.82. The van der Waals surface area contributed by atoms with E-state index in [1.165, 1.54) is 19.1 Å². The number of hydrogen-bond acceptors (Lipinski definition) is 4. The molecule has 96 valence electrons. The summed E-state index contributed by atoms with van der Waals surface area (Å²) < 4.78 is 24.1. The Balaban J connectivity index is 2.03. The Bertz CT molecular complexity index is 286. The van der Waals surface area contributed by atoms with Gasteiger partial charge in [-0.1, -0.05) is 0 Å². The van der Waals surface area contributed by atoms with Crippen molar-refractivity contribution in [3.8, 4) is 0 Å². The molecule has 1 rings (SSSR count). The van der Waals surface area contributed by atoms with E-state index in [9.17, 15) is 8.42 Å². The Kier molecular flexibility index (Phi) is 5.68. The minimum absolute atomic E-state index is 0.428. The van der Waals surface area contributed by atoms with Gasteiger partial charge in [0.15, 0.2) is 0 Å². The maximum Gasteiger partial charge on any atom is 0.208 e. The highest BCUT2D eigenvalue weighted by Crippen LogP contribution is 2.10. The summed E-state index contributed by atoms with van der Waals surface area (Å²) in [5, 5.41) is 6.77. The molecule has 0 saturated carbocycles. The molecule has 3 N–H and O–H groups in total. The molecule has 0 amide bonds. The largest absolute Gasteiger partial charge is 0.314 e. The molecule has 1 heterocycles. The van der Waals surface area contributed by atoms with Crippen molar-refractivity contribution in [2.45, 2.75) is 38.3 Å². The third kappa shape index (κ3) is 6.42. The van der Waals surface area contributed by atoms with Crippen LogP contribution in [0.1, 0.15) is 26.2 Å². The van der Waals surface area contributed by atoms with Crippen LogP contribution in [0.5, 0.6) is 0 Å². The van der Waals surface area contributed by atoms with Crippen LogP contribution < -0.4 is 15.4 Å². The predicted molar refractivity (Wildman–Crippen MR) is 66.0 cm³/mol. The molecule has 0 radical (unpaired) electrons. The van der Waals surface area contributed by atoms with Gasteiger partial charge >= 0.3 is 0 Å². The van der Waals surface area contributed by atoms with Gasteiger partial charge in [0.05, 0.1) is 6.26 Å². The first-order valence-electron chi connectivity index (χ1n) is 5.89. The van der Waals surface area contributed by atoms with Gasteiger partial charge < -0.3 is 10.6 Å². The highest BCUT2D eigenvalue weighted by molar-refractivity contribution is 7.88. The van der Waals surface area contributed by atoms with Gasteiger partial charge in [-0.25, -0.2) is 13.1 Å². The summed E-state index contributed by atoms with van der Waals surface area (Å²) in [6.45, 7) is 4.41. The summed E-state index contributed by atoms with van der Waals surface area (Å²) in [6, 6.07) is 1.06. The first-order valence-corrected chi connectivity index (χ1v) is 7.78. The normalized spacial score (nSPS) is 23.5. The van der Waals surface area contributed by atoms with E-state index in [0.29, 0.717) is 25.2 Å². The van der Waals surface area contributed by atoms with Crippen molar-refractivity contribution in [3.63, 3.8) is 0 Å². The second-order valence-electron chi connectivity index (χ2n) is 4.55. The summed E-state index contributed by atoms with van der Waals surface area (Å²) >= 11 is 0. The van der Waals surface area contributed by atoms with E-state index in [0.717, 1.165) is 13.0 Å². The summed E-state index contributed by atoms with van der Waals surface area (Å²) in [5.41, 5.74) is 0. The third-order valence-corrected chi connectivity index (χ3v) is 3.51. The molecule has 0 aliphatic carbocycles. The molecule has 1 aliphatic rings. The van der Waals surface area contributed by atoms with E-state index in [4.69, 9.17) is 0 Å². The van der Waals surface area contributed by atoms with Gasteiger partial charge in [-0.3, -0.25) is 0 Å². The fourth-order valence-corrected chi connectivity index (χ4v) is 2.50. The van der Waals surface area contributed by atoms with Crippen molar-refractivity contribution in [3.05, 3.63) is 0 Å². The maximum atomic E-state index is 10.8. The van der Waals surface area contributed by atoms with Gasteiger partial charge in [0.1, 0.15) is 0 Å². The fraction of sp³-hybridized carbons (Fsp3) is 1.00. The third-order valence-electron chi connectivity index (χ3n) is 2.78. The second kappa shape index (κ2) is 6.54. The monoisotopic (exact) mass is 249 g/mol. The molecule has 0 aromatic carbocycles. The predicted octanol–water partition coefficient (Wildman–Crippen LogP) is -0.344. The molecule has 1 aliphatic heterocycles. The summed E-state index contributed by atoms with van der Waals surface area (Å²) in [5.74, 6) is 0. The molecule has 0 aromatic rings. The zero-order valence-electron chi connectivity index (χ0n) is 10.1. The number of nitrogens with one attached hydrogen (secondary N) is 3. The topological polar surface area (TPSA) is 70.2 Å². The van der Waals surface area contributed by atoms with Crippen LogP contribution in [-0.4, -0.2) is 46.4 Å². The van der Waals surface area contributed by atoms with E-state index in [-0.39, 0.29) is 0 Å². The smallest absolute Gasteiger partial charge is 0.208 e. The molecule has 6 heteroatoms. The van der Waals surface area contributed by atoms with E-state index in [1.54, 1.807) is 0 Å². The first-order chi connectivity index (χ1) is 7.47. The second-order valence-corrected chi connectivity index (χ2v) is 6.38. The zero-order chi connectivity index (χ0) is 12.0. The minimum Gasteiger partial charge on any atom is -0.314 e. The van der Waals surface area contributed by atoms with Gasteiger partial charge in [0.2, 0.25) is 10.0 Å². The first kappa shape index (κ1) is 13.9. The molecule has 0 spiro atoms. The van der Waals surface area contributed by atoms with E-state index >= 15 is 0 Å². The molecule has 0 aromatic heterocycles. The molecule has 5 nitrogen and oxygen atoms in total. The summed E-state index contributed by atoms with van der Waals surface area (Å²) in [4.78, 5) is 0. The Hall–Kier alpha value is -0.170. The average Bonchev–Trinajstić information content (AvgIpc) is 2.63. The lowest BCUT2D eigenvalue weighted by molar-refractivity contribution is 0.442. The van der Waals surface area contributed by atoms with Crippen molar-refractivity contribution >= 4 is 10.0 Å². The molecule has 2 atom stereocenters. The molecule has 1 saturated heterocycles. The van der Waals surface area contributed by atoms with Crippen LogP contribution in [0.3, 0.4) is 0 Å². The van der Waals surface area contributed by atoms with Crippen LogP contribution in [0.4, 0.5) is 0 Å². The van der Waals surface area contributed by atoms with Crippen LogP contribution in [0.15, 0.2) is 0 Å². The lowest BCUT2D eigenvalue weighted by Crippen LogP contribution is -2.38. The lowest BCUT2D eigenvalue weighted by atomic mass is 10.1. The van der Waals surface area contributed by atoms with Crippen molar-refractivity contribution in [2.24, 2.45) is 0 Å². The van der Waals surface area contributed by atoms with Crippen molar-refractivity contribution in [2.75, 3.05) is 25.9 Å². The van der Waals surface area contributed by atoms with Crippen LogP contribution >= 0.6 is 0 Å². The Morgan fingerprint density at radius 2 is 2.19 bits per heavy atom. The molecular weight excluding hydrogens is 226 g/mol. The Morgan fingerprint density at radius 3 is 2.75 bits per heavy atom. The molecule has 1 fully saturated rings. The average molecular weight is 249 g/mol. The van der Waals surface area contributed by atoms with Gasteiger partial charge in [0, 0.05) is 25.2 Å². The molecule has 2 unspecified atom stereocenters. The van der Waals surface area contributed by atoms with E-state index in [2.05, 4.69) is 22.3 Å². The van der Waals surface area contributed by atoms with Gasteiger partial charge in [-0.15, -0.1) is 0 Å². The van der Waals surface area contributed by atoms with Gasteiger partial charge in [-0.05, 0) is 32.7 Å².